The fourth-order valence-electron chi connectivity index (χ4n) is 1.74. The molecule has 0 saturated carbocycles. The number of nitrogens with zero attached hydrogens (tertiary/aromatic N) is 2. The van der Waals surface area contributed by atoms with Crippen molar-refractivity contribution in [1.82, 2.24) is 10.4 Å². The van der Waals surface area contributed by atoms with Gasteiger partial charge in [-0.05, 0) is 39.8 Å². The van der Waals surface area contributed by atoms with E-state index in [0.717, 1.165) is 11.1 Å². The van der Waals surface area contributed by atoms with Crippen LogP contribution in [0.2, 0.25) is 5.02 Å². The van der Waals surface area contributed by atoms with Crippen LogP contribution in [0, 0.1) is 10.1 Å². The fraction of sp³-hybridized carbons (Fsp3) is 0.429. The molecule has 0 saturated heterocycles. The first-order valence-electron chi connectivity index (χ1n) is 6.79. The Morgan fingerprint density at radius 2 is 2.00 bits per heavy atom. The predicted octanol–water partition coefficient (Wildman–Crippen LogP) is 3.15. The molecule has 1 N–H and O–H groups in total. The monoisotopic (exact) mass is 343 g/mol. The van der Waals surface area contributed by atoms with Crippen molar-refractivity contribution >= 4 is 29.3 Å². The number of benzene rings is 1. The molecule has 0 atom stereocenters. The van der Waals surface area contributed by atoms with Gasteiger partial charge in [0, 0.05) is 11.1 Å². The minimum absolute atomic E-state index is 0.120. The maximum atomic E-state index is 12.7. The molecule has 0 aliphatic heterocycles. The maximum Gasteiger partial charge on any atom is 0.426 e. The molecule has 1 aromatic rings. The Labute approximate surface area is 138 Å². The number of amides is 2. The van der Waals surface area contributed by atoms with Crippen molar-refractivity contribution in [2.24, 2.45) is 0 Å². The molecule has 8 nitrogen and oxygen atoms in total. The van der Waals surface area contributed by atoms with Gasteiger partial charge >= 0.3 is 6.09 Å². The summed E-state index contributed by atoms with van der Waals surface area (Å²) in [6.45, 7) is 6.72. The van der Waals surface area contributed by atoms with Gasteiger partial charge in [0.25, 0.3) is 11.6 Å². The van der Waals surface area contributed by atoms with Crippen molar-refractivity contribution in [3.63, 3.8) is 0 Å². The number of rotatable bonds is 3. The molecule has 0 heterocycles. The van der Waals surface area contributed by atoms with E-state index < -0.39 is 28.2 Å². The van der Waals surface area contributed by atoms with Gasteiger partial charge in [-0.3, -0.25) is 14.9 Å². The number of hydrogen-bond donors (Lipinski definition) is 1. The van der Waals surface area contributed by atoms with E-state index >= 15 is 0 Å². The fourth-order valence-corrected chi connectivity index (χ4v) is 1.91. The van der Waals surface area contributed by atoms with Crippen molar-refractivity contribution in [2.45, 2.75) is 33.2 Å². The zero-order valence-corrected chi connectivity index (χ0v) is 14.0. The SMILES string of the molecule is CCOC(=O)NN(C(=O)c1cc(Cl)ccc1[N+](=O)[O-])C(C)(C)C. The molecule has 0 radical (unpaired) electrons. The quantitative estimate of drug-likeness (QED) is 0.671. The van der Waals surface area contributed by atoms with Crippen LogP contribution in [0.4, 0.5) is 10.5 Å². The number of carbonyl (C=O) groups excluding carboxylic acids is 2. The topological polar surface area (TPSA) is 102 Å². The Hall–Kier alpha value is -2.35. The van der Waals surface area contributed by atoms with Crippen LogP contribution in [0.25, 0.3) is 0 Å². The second-order valence-corrected chi connectivity index (χ2v) is 6.00. The van der Waals surface area contributed by atoms with Gasteiger partial charge in [-0.1, -0.05) is 11.6 Å². The molecule has 1 aromatic carbocycles. The van der Waals surface area contributed by atoms with Crippen molar-refractivity contribution in [1.29, 1.82) is 0 Å². The van der Waals surface area contributed by atoms with Gasteiger partial charge in [0.2, 0.25) is 0 Å². The molecular formula is C14H18ClN3O5. The van der Waals surface area contributed by atoms with E-state index in [9.17, 15) is 19.7 Å². The molecule has 0 aliphatic rings. The van der Waals surface area contributed by atoms with E-state index in [4.69, 9.17) is 16.3 Å². The van der Waals surface area contributed by atoms with E-state index in [-0.39, 0.29) is 17.2 Å². The van der Waals surface area contributed by atoms with Gasteiger partial charge in [0.15, 0.2) is 0 Å². The average molecular weight is 344 g/mol. The van der Waals surface area contributed by atoms with Gasteiger partial charge in [0.05, 0.1) is 17.1 Å². The third kappa shape index (κ3) is 4.82. The van der Waals surface area contributed by atoms with Crippen molar-refractivity contribution in [2.75, 3.05) is 6.61 Å². The molecule has 0 unspecified atom stereocenters. The highest BCUT2D eigenvalue weighted by Crippen LogP contribution is 2.26. The summed E-state index contributed by atoms with van der Waals surface area (Å²) in [5.41, 5.74) is 0.821. The van der Waals surface area contributed by atoms with Crippen LogP contribution in [0.15, 0.2) is 18.2 Å². The standard InChI is InChI=1S/C14H18ClN3O5/c1-5-23-13(20)16-17(14(2,3)4)12(19)10-8-9(15)6-7-11(10)18(21)22/h6-8H,5H2,1-4H3,(H,16,20). The average Bonchev–Trinajstić information content (AvgIpc) is 2.42. The smallest absolute Gasteiger partial charge is 0.426 e. The van der Waals surface area contributed by atoms with Crippen LogP contribution in [0.5, 0.6) is 0 Å². The van der Waals surface area contributed by atoms with E-state index in [1.54, 1.807) is 27.7 Å². The minimum atomic E-state index is -0.847. The van der Waals surface area contributed by atoms with Crippen LogP contribution in [0.3, 0.4) is 0 Å². The summed E-state index contributed by atoms with van der Waals surface area (Å²) in [6, 6.07) is 3.64. The summed E-state index contributed by atoms with van der Waals surface area (Å²) in [6.07, 6.45) is -0.833. The highest BCUT2D eigenvalue weighted by molar-refractivity contribution is 6.31. The van der Waals surface area contributed by atoms with Gasteiger partial charge in [-0.2, -0.15) is 0 Å². The second kappa shape index (κ2) is 7.28. The first-order valence-corrected chi connectivity index (χ1v) is 7.17. The van der Waals surface area contributed by atoms with Gasteiger partial charge in [-0.15, -0.1) is 0 Å². The molecule has 0 aromatic heterocycles. The number of carbonyl (C=O) groups is 2. The normalized spacial score (nSPS) is 10.8. The molecule has 1 rings (SSSR count). The second-order valence-electron chi connectivity index (χ2n) is 5.56. The zero-order chi connectivity index (χ0) is 17.8. The van der Waals surface area contributed by atoms with Gasteiger partial charge < -0.3 is 4.74 Å². The molecule has 126 valence electrons. The summed E-state index contributed by atoms with van der Waals surface area (Å²) < 4.78 is 4.75. The molecule has 23 heavy (non-hydrogen) atoms. The molecule has 0 aliphatic carbocycles. The number of halogens is 1. The van der Waals surface area contributed by atoms with E-state index in [2.05, 4.69) is 5.43 Å². The van der Waals surface area contributed by atoms with Crippen LogP contribution in [-0.4, -0.2) is 34.1 Å². The molecular weight excluding hydrogens is 326 g/mol. The summed E-state index contributed by atoms with van der Waals surface area (Å²) >= 11 is 5.83. The number of nitrogens with one attached hydrogen (secondary N) is 1. The largest absolute Gasteiger partial charge is 0.449 e. The lowest BCUT2D eigenvalue weighted by Crippen LogP contribution is -2.56. The summed E-state index contributed by atoms with van der Waals surface area (Å²) in [5.74, 6) is -0.764. The maximum absolute atomic E-state index is 12.7. The first kappa shape index (κ1) is 18.7. The number of ether oxygens (including phenoxy) is 1. The van der Waals surface area contributed by atoms with Crippen molar-refractivity contribution in [3.8, 4) is 0 Å². The third-order valence-electron chi connectivity index (χ3n) is 2.74. The Morgan fingerprint density at radius 3 is 2.48 bits per heavy atom. The summed E-state index contributed by atoms with van der Waals surface area (Å²) in [7, 11) is 0. The van der Waals surface area contributed by atoms with E-state index in [1.165, 1.54) is 12.1 Å². The minimum Gasteiger partial charge on any atom is -0.449 e. The van der Waals surface area contributed by atoms with Crippen LogP contribution < -0.4 is 5.43 Å². The number of nitro groups is 1. The van der Waals surface area contributed by atoms with Crippen molar-refractivity contribution in [3.05, 3.63) is 38.9 Å². The third-order valence-corrected chi connectivity index (χ3v) is 2.97. The Balaban J connectivity index is 3.28. The predicted molar refractivity (Wildman–Crippen MR) is 84.2 cm³/mol. The van der Waals surface area contributed by atoms with E-state index in [0.29, 0.717) is 0 Å². The van der Waals surface area contributed by atoms with Gasteiger partial charge in [0.1, 0.15) is 5.56 Å². The number of hydrogen-bond acceptors (Lipinski definition) is 5. The van der Waals surface area contributed by atoms with Gasteiger partial charge in [-0.25, -0.2) is 15.2 Å². The summed E-state index contributed by atoms with van der Waals surface area (Å²) in [5, 5.41) is 12.3. The van der Waals surface area contributed by atoms with Crippen molar-refractivity contribution < 1.29 is 19.2 Å². The molecule has 0 spiro atoms. The molecule has 0 bridgehead atoms. The lowest BCUT2D eigenvalue weighted by Gasteiger charge is -2.34. The molecule has 9 heteroatoms. The van der Waals surface area contributed by atoms with Crippen LogP contribution in [0.1, 0.15) is 38.1 Å². The molecule has 2 amide bonds. The van der Waals surface area contributed by atoms with E-state index in [1.807, 2.05) is 0 Å². The number of hydrazine groups is 1. The Bertz CT molecular complexity index is 627. The highest BCUT2D eigenvalue weighted by atomic mass is 35.5. The number of nitro benzene ring substituents is 1. The van der Waals surface area contributed by atoms with Crippen LogP contribution >= 0.6 is 11.6 Å². The summed E-state index contributed by atoms with van der Waals surface area (Å²) in [4.78, 5) is 34.8. The Kier molecular flexibility index (Phi) is 5.91. The highest BCUT2D eigenvalue weighted by Gasteiger charge is 2.33. The van der Waals surface area contributed by atoms with Crippen LogP contribution in [-0.2, 0) is 4.74 Å². The first-order chi connectivity index (χ1) is 10.6. The Morgan fingerprint density at radius 1 is 1.39 bits per heavy atom. The molecule has 0 fully saturated rings. The zero-order valence-electron chi connectivity index (χ0n) is 13.3. The lowest BCUT2D eigenvalue weighted by molar-refractivity contribution is -0.385. The lowest BCUT2D eigenvalue weighted by atomic mass is 10.1.